The van der Waals surface area contributed by atoms with Crippen LogP contribution in [0.3, 0.4) is 0 Å². The lowest BCUT2D eigenvalue weighted by molar-refractivity contribution is -0.0529. The molecule has 1 fully saturated rings. The number of nitrogens with zero attached hydrogens (tertiary/aromatic N) is 3. The van der Waals surface area contributed by atoms with Gasteiger partial charge in [-0.3, -0.25) is 14.3 Å². The first-order valence-electron chi connectivity index (χ1n) is 7.17. The molecule has 1 aliphatic heterocycles. The van der Waals surface area contributed by atoms with Crippen molar-refractivity contribution >= 4 is 17.1 Å². The number of nitrogen functional groups attached to an aromatic ring is 1. The highest BCUT2D eigenvalue weighted by Gasteiger charge is 2.45. The van der Waals surface area contributed by atoms with Gasteiger partial charge in [-0.2, -0.15) is 4.98 Å². The van der Waals surface area contributed by atoms with Crippen molar-refractivity contribution in [3.8, 4) is 0 Å². The van der Waals surface area contributed by atoms with Crippen LogP contribution in [-0.2, 0) is 11.3 Å². The predicted molar refractivity (Wildman–Crippen MR) is 78.0 cm³/mol. The van der Waals surface area contributed by atoms with Crippen LogP contribution in [0, 0.1) is 0 Å². The maximum absolute atomic E-state index is 12.8. The molecule has 138 valence electrons. The van der Waals surface area contributed by atoms with Gasteiger partial charge < -0.3 is 25.8 Å². The summed E-state index contributed by atoms with van der Waals surface area (Å²) in [6, 6.07) is 0. The Morgan fingerprint density at radius 2 is 2.00 bits per heavy atom. The number of hydrogen-bond acceptors (Lipinski definition) is 8. The Morgan fingerprint density at radius 1 is 1.32 bits per heavy atom. The van der Waals surface area contributed by atoms with Crippen molar-refractivity contribution in [2.45, 2.75) is 37.5 Å². The number of alkyl halides is 2. The molecule has 6 N–H and O–H groups in total. The first-order chi connectivity index (χ1) is 11.8. The number of aromatic amines is 1. The first kappa shape index (κ1) is 17.5. The molecule has 11 nitrogen and oxygen atoms in total. The van der Waals surface area contributed by atoms with Gasteiger partial charge in [0.25, 0.3) is 12.0 Å². The Morgan fingerprint density at radius 3 is 2.56 bits per heavy atom. The summed E-state index contributed by atoms with van der Waals surface area (Å²) in [6.07, 6.45) is -8.90. The number of anilines is 1. The van der Waals surface area contributed by atoms with Crippen LogP contribution in [0.2, 0.25) is 0 Å². The first-order valence-corrected chi connectivity index (χ1v) is 7.17. The number of H-pyrrole nitrogens is 1. The third kappa shape index (κ3) is 2.70. The third-order valence-electron chi connectivity index (χ3n) is 3.92. The Hall–Kier alpha value is -2.35. The van der Waals surface area contributed by atoms with Gasteiger partial charge in [0.2, 0.25) is 5.95 Å². The Balaban J connectivity index is 2.27. The molecule has 0 aromatic carbocycles. The van der Waals surface area contributed by atoms with E-state index in [1.54, 1.807) is 0 Å². The third-order valence-corrected chi connectivity index (χ3v) is 3.92. The smallest absolute Gasteiger partial charge is 0.332 e. The number of nitrogens with one attached hydrogen (secondary N) is 1. The normalized spacial score (nSPS) is 26.8. The highest BCUT2D eigenvalue weighted by molar-refractivity contribution is 5.71. The molecule has 0 amide bonds. The van der Waals surface area contributed by atoms with Gasteiger partial charge in [0.05, 0.1) is 13.2 Å². The zero-order valence-electron chi connectivity index (χ0n) is 12.5. The van der Waals surface area contributed by atoms with Crippen LogP contribution in [0.1, 0.15) is 6.23 Å². The monoisotopic (exact) mass is 363 g/mol. The lowest BCUT2D eigenvalue weighted by Crippen LogP contribution is -2.36. The van der Waals surface area contributed by atoms with Crippen LogP contribution in [-0.4, -0.2) is 65.8 Å². The summed E-state index contributed by atoms with van der Waals surface area (Å²) < 4.78 is 32.0. The summed E-state index contributed by atoms with van der Waals surface area (Å²) in [5, 5.41) is 29.0. The number of ether oxygens (including phenoxy) is 1. The summed E-state index contributed by atoms with van der Waals surface area (Å²) in [7, 11) is 0. The molecular weight excluding hydrogens is 348 g/mol. The fourth-order valence-corrected chi connectivity index (χ4v) is 2.83. The number of imidazole rings is 1. The van der Waals surface area contributed by atoms with E-state index in [2.05, 4.69) is 9.97 Å². The van der Waals surface area contributed by atoms with Crippen LogP contribution in [0.25, 0.3) is 11.2 Å². The van der Waals surface area contributed by atoms with Gasteiger partial charge in [0, 0.05) is 0 Å². The van der Waals surface area contributed by atoms with Gasteiger partial charge in [-0.25, -0.2) is 18.1 Å². The maximum Gasteiger partial charge on any atom is 0.332 e. The zero-order valence-corrected chi connectivity index (χ0v) is 12.5. The summed E-state index contributed by atoms with van der Waals surface area (Å²) in [5.41, 5.74) is 2.55. The van der Waals surface area contributed by atoms with E-state index in [0.717, 1.165) is 0 Å². The molecule has 0 unspecified atom stereocenters. The number of hydrogen-bond donors (Lipinski definition) is 5. The van der Waals surface area contributed by atoms with Crippen LogP contribution in [0.4, 0.5) is 14.7 Å². The molecule has 0 radical (unpaired) electrons. The second kappa shape index (κ2) is 6.18. The fraction of sp³-hybridized carbons (Fsp3) is 0.583. The molecule has 2 aromatic rings. The number of aliphatic hydroxyl groups excluding tert-OH is 3. The highest BCUT2D eigenvalue weighted by atomic mass is 19.3. The summed E-state index contributed by atoms with van der Waals surface area (Å²) in [5.74, 6) is -0.382. The van der Waals surface area contributed by atoms with E-state index < -0.39 is 60.9 Å². The molecule has 3 heterocycles. The van der Waals surface area contributed by atoms with E-state index in [1.807, 2.05) is 0 Å². The maximum atomic E-state index is 12.8. The quantitative estimate of drug-likeness (QED) is 0.392. The van der Waals surface area contributed by atoms with Crippen LogP contribution < -0.4 is 17.0 Å². The van der Waals surface area contributed by atoms with Crippen LogP contribution in [0.5, 0.6) is 0 Å². The van der Waals surface area contributed by atoms with E-state index in [0.29, 0.717) is 9.13 Å². The second-order valence-corrected chi connectivity index (χ2v) is 5.51. The standard InChI is InChI=1S/C12H15F2N5O6/c13-4(14)1-18-5-8(16-11(15)17-9(5)23)19(12(18)24)10-7(22)6(21)3(2-20)25-10/h3-4,6-7,10,20-22H,1-2H2,(H3,15,16,17,23)/t3-,6-,7+,10+/m0/s1. The van der Waals surface area contributed by atoms with Crippen molar-refractivity contribution < 1.29 is 28.8 Å². The van der Waals surface area contributed by atoms with E-state index in [-0.39, 0.29) is 11.6 Å². The molecule has 2 aromatic heterocycles. The minimum atomic E-state index is -2.95. The molecule has 0 aliphatic carbocycles. The summed E-state index contributed by atoms with van der Waals surface area (Å²) in [4.78, 5) is 30.5. The van der Waals surface area contributed by atoms with Crippen molar-refractivity contribution in [3.05, 3.63) is 20.8 Å². The van der Waals surface area contributed by atoms with Crippen LogP contribution in [0.15, 0.2) is 9.59 Å². The van der Waals surface area contributed by atoms with Gasteiger partial charge in [0.15, 0.2) is 17.4 Å². The average Bonchev–Trinajstić information content (AvgIpc) is 2.95. The molecule has 13 heteroatoms. The van der Waals surface area contributed by atoms with E-state index in [9.17, 15) is 28.6 Å². The second-order valence-electron chi connectivity index (χ2n) is 5.51. The minimum absolute atomic E-state index is 0.382. The van der Waals surface area contributed by atoms with Gasteiger partial charge in [0.1, 0.15) is 18.3 Å². The van der Waals surface area contributed by atoms with Crippen molar-refractivity contribution in [1.82, 2.24) is 19.1 Å². The van der Waals surface area contributed by atoms with Crippen LogP contribution >= 0.6 is 0 Å². The zero-order chi connectivity index (χ0) is 18.5. The average molecular weight is 363 g/mol. The Labute approximate surface area is 136 Å². The number of aromatic nitrogens is 4. The predicted octanol–water partition coefficient (Wildman–Crippen LogP) is -2.65. The lowest BCUT2D eigenvalue weighted by atomic mass is 10.1. The summed E-state index contributed by atoms with van der Waals surface area (Å²) >= 11 is 0. The fourth-order valence-electron chi connectivity index (χ4n) is 2.83. The van der Waals surface area contributed by atoms with E-state index in [1.165, 1.54) is 0 Å². The number of halogens is 2. The molecular formula is C12H15F2N5O6. The number of aliphatic hydroxyl groups is 3. The molecule has 0 saturated carbocycles. The van der Waals surface area contributed by atoms with Gasteiger partial charge >= 0.3 is 5.69 Å². The molecule has 1 aliphatic rings. The highest BCUT2D eigenvalue weighted by Crippen LogP contribution is 2.30. The topological polar surface area (TPSA) is 169 Å². The minimum Gasteiger partial charge on any atom is -0.394 e. The molecule has 3 rings (SSSR count). The molecule has 0 spiro atoms. The summed E-state index contributed by atoms with van der Waals surface area (Å²) in [6.45, 7) is -1.75. The lowest BCUT2D eigenvalue weighted by Gasteiger charge is -2.15. The van der Waals surface area contributed by atoms with Crippen molar-refractivity contribution in [3.63, 3.8) is 0 Å². The van der Waals surface area contributed by atoms with Crippen molar-refractivity contribution in [2.24, 2.45) is 0 Å². The van der Waals surface area contributed by atoms with E-state index >= 15 is 0 Å². The number of nitrogens with two attached hydrogens (primary N) is 1. The van der Waals surface area contributed by atoms with Gasteiger partial charge in [-0.05, 0) is 0 Å². The number of rotatable bonds is 4. The van der Waals surface area contributed by atoms with Crippen molar-refractivity contribution in [1.29, 1.82) is 0 Å². The molecule has 0 bridgehead atoms. The van der Waals surface area contributed by atoms with Crippen molar-refractivity contribution in [2.75, 3.05) is 12.3 Å². The Kier molecular flexibility index (Phi) is 4.32. The van der Waals surface area contributed by atoms with Gasteiger partial charge in [-0.15, -0.1) is 0 Å². The SMILES string of the molecule is Nc1nc2c(c(=O)[nH]1)n(CC(F)F)c(=O)n2[C@@H]1O[C@@H](CO)[C@H](O)[C@H]1O. The molecule has 1 saturated heterocycles. The molecule has 4 atom stereocenters. The van der Waals surface area contributed by atoms with E-state index in [4.69, 9.17) is 15.6 Å². The number of fused-ring (bicyclic) bond motifs is 1. The largest absolute Gasteiger partial charge is 0.394 e. The van der Waals surface area contributed by atoms with Gasteiger partial charge in [-0.1, -0.05) is 0 Å². The molecule has 25 heavy (non-hydrogen) atoms. The Bertz CT molecular complexity index is 908.